The molecule has 1 aromatic rings. The number of carbonyl (C=O) groups excluding carboxylic acids is 2. The van der Waals surface area contributed by atoms with E-state index in [1.807, 2.05) is 13.0 Å². The van der Waals surface area contributed by atoms with Gasteiger partial charge < -0.3 is 14.2 Å². The van der Waals surface area contributed by atoms with Crippen molar-refractivity contribution in [2.75, 3.05) is 14.2 Å². The molecule has 0 amide bonds. The Kier molecular flexibility index (Phi) is 4.50. The van der Waals surface area contributed by atoms with Crippen molar-refractivity contribution in [1.29, 1.82) is 0 Å². The summed E-state index contributed by atoms with van der Waals surface area (Å²) in [6, 6.07) is 3.55. The molecule has 0 aliphatic carbocycles. The zero-order valence-electron chi connectivity index (χ0n) is 12.8. The Balaban J connectivity index is 2.25. The van der Waals surface area contributed by atoms with Crippen molar-refractivity contribution in [2.24, 2.45) is 5.92 Å². The van der Waals surface area contributed by atoms with Crippen molar-refractivity contribution in [3.8, 4) is 11.5 Å². The summed E-state index contributed by atoms with van der Waals surface area (Å²) < 4.78 is 15.6. The smallest absolute Gasteiger partial charge is 0.308 e. The van der Waals surface area contributed by atoms with Crippen molar-refractivity contribution in [3.05, 3.63) is 23.3 Å². The largest absolute Gasteiger partial charge is 0.496 e. The summed E-state index contributed by atoms with van der Waals surface area (Å²) in [5.74, 6) is 0.204. The van der Waals surface area contributed by atoms with Gasteiger partial charge in [-0.25, -0.2) is 0 Å². The van der Waals surface area contributed by atoms with E-state index in [1.165, 1.54) is 14.2 Å². The Labute approximate surface area is 124 Å². The lowest BCUT2D eigenvalue weighted by Crippen LogP contribution is -2.17. The van der Waals surface area contributed by atoms with Crippen LogP contribution in [0, 0.1) is 5.92 Å². The number of methoxy groups -OCH3 is 2. The van der Waals surface area contributed by atoms with Crippen LogP contribution in [0.1, 0.15) is 36.2 Å². The Morgan fingerprint density at radius 2 is 2.10 bits per heavy atom. The van der Waals surface area contributed by atoms with Crippen LogP contribution in [-0.4, -0.2) is 32.1 Å². The average molecular weight is 292 g/mol. The fourth-order valence-electron chi connectivity index (χ4n) is 2.50. The Bertz CT molecular complexity index is 564. The number of ketones is 1. The van der Waals surface area contributed by atoms with Gasteiger partial charge in [-0.1, -0.05) is 6.92 Å². The topological polar surface area (TPSA) is 61.8 Å². The first kappa shape index (κ1) is 15.4. The molecule has 2 unspecified atom stereocenters. The molecule has 0 saturated carbocycles. The maximum atomic E-state index is 12.4. The highest BCUT2D eigenvalue weighted by atomic mass is 16.5. The molecule has 0 N–H and O–H groups in total. The molecule has 0 bridgehead atoms. The van der Waals surface area contributed by atoms with Gasteiger partial charge in [-0.2, -0.15) is 0 Å². The van der Waals surface area contributed by atoms with Crippen molar-refractivity contribution >= 4 is 11.8 Å². The lowest BCUT2D eigenvalue weighted by molar-refractivity contribution is -0.144. The van der Waals surface area contributed by atoms with Crippen LogP contribution in [0.5, 0.6) is 11.5 Å². The number of esters is 1. The minimum Gasteiger partial charge on any atom is -0.496 e. The summed E-state index contributed by atoms with van der Waals surface area (Å²) in [5, 5.41) is 0. The maximum absolute atomic E-state index is 12.4. The predicted octanol–water partition coefficient (Wildman–Crippen LogP) is 2.40. The Morgan fingerprint density at radius 3 is 2.71 bits per heavy atom. The molecule has 114 valence electrons. The zero-order valence-corrected chi connectivity index (χ0v) is 12.8. The third kappa shape index (κ3) is 3.17. The first-order valence-electron chi connectivity index (χ1n) is 6.94. The minimum absolute atomic E-state index is 0.0807. The van der Waals surface area contributed by atoms with Crippen LogP contribution < -0.4 is 9.47 Å². The quantitative estimate of drug-likeness (QED) is 0.616. The van der Waals surface area contributed by atoms with Crippen molar-refractivity contribution < 1.29 is 23.8 Å². The first-order valence-corrected chi connectivity index (χ1v) is 6.94. The fourth-order valence-corrected chi connectivity index (χ4v) is 2.50. The van der Waals surface area contributed by atoms with E-state index in [1.54, 1.807) is 13.0 Å². The molecular formula is C16H20O5. The first-order chi connectivity index (χ1) is 9.96. The monoisotopic (exact) mass is 292 g/mol. The van der Waals surface area contributed by atoms with Crippen LogP contribution in [0.15, 0.2) is 12.1 Å². The molecule has 0 aromatic heterocycles. The van der Waals surface area contributed by atoms with Crippen LogP contribution in [0.3, 0.4) is 0 Å². The molecule has 1 aliphatic rings. The Hall–Kier alpha value is -2.04. The third-order valence-electron chi connectivity index (χ3n) is 3.61. The molecule has 0 saturated heterocycles. The number of fused-ring (bicyclic) bond motifs is 1. The standard InChI is InChI=1S/C16H20O5/c1-9(16(18)20-4)5-13(17)12-8-14-11(6-10(2)21-14)7-15(12)19-3/h7-10H,5-6H2,1-4H3. The van der Waals surface area contributed by atoms with Crippen LogP contribution in [0.25, 0.3) is 0 Å². The molecule has 2 atom stereocenters. The minimum atomic E-state index is -0.486. The second kappa shape index (κ2) is 6.16. The van der Waals surface area contributed by atoms with Crippen LogP contribution in [0.2, 0.25) is 0 Å². The summed E-state index contributed by atoms with van der Waals surface area (Å²) >= 11 is 0. The van der Waals surface area contributed by atoms with Gasteiger partial charge in [-0.3, -0.25) is 9.59 Å². The normalized spacial score (nSPS) is 17.6. The lowest BCUT2D eigenvalue weighted by Gasteiger charge is -2.12. The van der Waals surface area contributed by atoms with E-state index in [4.69, 9.17) is 9.47 Å². The maximum Gasteiger partial charge on any atom is 0.308 e. The van der Waals surface area contributed by atoms with Crippen molar-refractivity contribution in [3.63, 3.8) is 0 Å². The average Bonchev–Trinajstić information content (AvgIpc) is 2.83. The van der Waals surface area contributed by atoms with Gasteiger partial charge in [0.05, 0.1) is 25.7 Å². The SMILES string of the molecule is COC(=O)C(C)CC(=O)c1cc2c(cc1OC)CC(C)O2. The number of Topliss-reactive ketones (excluding diaryl/α,β-unsaturated/α-hetero) is 1. The molecule has 0 spiro atoms. The predicted molar refractivity (Wildman–Crippen MR) is 76.9 cm³/mol. The molecule has 5 nitrogen and oxygen atoms in total. The van der Waals surface area contributed by atoms with Crippen LogP contribution in [0.4, 0.5) is 0 Å². The van der Waals surface area contributed by atoms with Gasteiger partial charge in [0.1, 0.15) is 17.6 Å². The Morgan fingerprint density at radius 1 is 1.38 bits per heavy atom. The van der Waals surface area contributed by atoms with E-state index in [0.29, 0.717) is 11.3 Å². The van der Waals surface area contributed by atoms with Gasteiger partial charge >= 0.3 is 5.97 Å². The molecule has 0 radical (unpaired) electrons. The summed E-state index contributed by atoms with van der Waals surface area (Å²) in [5.41, 5.74) is 1.48. The highest BCUT2D eigenvalue weighted by Gasteiger charge is 2.26. The fraction of sp³-hybridized carbons (Fsp3) is 0.500. The summed E-state index contributed by atoms with van der Waals surface area (Å²) in [6.07, 6.45) is 0.986. The van der Waals surface area contributed by atoms with E-state index in [0.717, 1.165) is 17.7 Å². The van der Waals surface area contributed by atoms with Crippen LogP contribution in [-0.2, 0) is 16.0 Å². The van der Waals surface area contributed by atoms with E-state index >= 15 is 0 Å². The molecule has 21 heavy (non-hydrogen) atoms. The summed E-state index contributed by atoms with van der Waals surface area (Å²) in [4.78, 5) is 23.8. The number of carbonyl (C=O) groups is 2. The van der Waals surface area contributed by atoms with Crippen LogP contribution >= 0.6 is 0 Å². The molecule has 1 aliphatic heterocycles. The van der Waals surface area contributed by atoms with Gasteiger partial charge in [-0.05, 0) is 19.1 Å². The summed E-state index contributed by atoms with van der Waals surface area (Å²) in [6.45, 7) is 3.65. The van der Waals surface area contributed by atoms with E-state index < -0.39 is 11.9 Å². The van der Waals surface area contributed by atoms with Gasteiger partial charge in [-0.15, -0.1) is 0 Å². The summed E-state index contributed by atoms with van der Waals surface area (Å²) in [7, 11) is 2.84. The van der Waals surface area contributed by atoms with E-state index in [2.05, 4.69) is 4.74 Å². The molecule has 0 fully saturated rings. The second-order valence-corrected chi connectivity index (χ2v) is 5.34. The zero-order chi connectivity index (χ0) is 15.6. The van der Waals surface area contributed by atoms with Gasteiger partial charge in [0.2, 0.25) is 0 Å². The van der Waals surface area contributed by atoms with Gasteiger partial charge in [0.15, 0.2) is 5.78 Å². The number of benzene rings is 1. The van der Waals surface area contributed by atoms with Crippen molar-refractivity contribution in [2.45, 2.75) is 32.8 Å². The number of rotatable bonds is 5. The van der Waals surface area contributed by atoms with Gasteiger partial charge in [0, 0.05) is 18.4 Å². The van der Waals surface area contributed by atoms with Gasteiger partial charge in [0.25, 0.3) is 0 Å². The lowest BCUT2D eigenvalue weighted by atomic mass is 9.97. The number of ether oxygens (including phenoxy) is 3. The molecule has 2 rings (SSSR count). The number of hydrogen-bond donors (Lipinski definition) is 0. The van der Waals surface area contributed by atoms with E-state index in [9.17, 15) is 9.59 Å². The third-order valence-corrected chi connectivity index (χ3v) is 3.61. The highest BCUT2D eigenvalue weighted by molar-refractivity contribution is 6.01. The molecular weight excluding hydrogens is 272 g/mol. The van der Waals surface area contributed by atoms with E-state index in [-0.39, 0.29) is 18.3 Å². The second-order valence-electron chi connectivity index (χ2n) is 5.34. The number of hydrogen-bond acceptors (Lipinski definition) is 5. The van der Waals surface area contributed by atoms with Crippen molar-refractivity contribution in [1.82, 2.24) is 0 Å². The molecule has 1 heterocycles. The molecule has 5 heteroatoms. The molecule has 1 aromatic carbocycles. The highest BCUT2D eigenvalue weighted by Crippen LogP contribution is 2.35.